The van der Waals surface area contributed by atoms with E-state index in [1.807, 2.05) is 12.3 Å². The fraction of sp³-hybridized carbons (Fsp3) is 0.417. The van der Waals surface area contributed by atoms with Gasteiger partial charge in [-0.25, -0.2) is 9.97 Å². The molecular weight excluding hydrogens is 248 g/mol. The number of nitrogens with one attached hydrogen (secondary N) is 2. The first-order chi connectivity index (χ1) is 8.72. The highest BCUT2D eigenvalue weighted by atomic mass is 32.1. The van der Waals surface area contributed by atoms with Crippen molar-refractivity contribution in [2.24, 2.45) is 0 Å². The van der Waals surface area contributed by atoms with Crippen LogP contribution in [0.3, 0.4) is 0 Å². The van der Waals surface area contributed by atoms with Gasteiger partial charge in [0.2, 0.25) is 0 Å². The van der Waals surface area contributed by atoms with E-state index in [2.05, 4.69) is 27.2 Å². The van der Waals surface area contributed by atoms with Crippen LogP contribution in [0, 0.1) is 0 Å². The van der Waals surface area contributed by atoms with Gasteiger partial charge in [0, 0.05) is 24.1 Å². The average molecular weight is 264 g/mol. The predicted molar refractivity (Wildman–Crippen MR) is 73.0 cm³/mol. The minimum atomic E-state index is -0.127. The van der Waals surface area contributed by atoms with E-state index in [-0.39, 0.29) is 11.6 Å². The molecular formula is C12H16N4OS. The van der Waals surface area contributed by atoms with E-state index in [0.717, 1.165) is 11.4 Å². The van der Waals surface area contributed by atoms with Gasteiger partial charge in [0.1, 0.15) is 16.6 Å². The second kappa shape index (κ2) is 5.77. The number of aromatic nitrogens is 3. The monoisotopic (exact) mass is 264 g/mol. The molecule has 1 unspecified atom stereocenters. The van der Waals surface area contributed by atoms with Gasteiger partial charge in [-0.1, -0.05) is 13.8 Å². The summed E-state index contributed by atoms with van der Waals surface area (Å²) < 4.78 is 0. The second-order valence-electron chi connectivity index (χ2n) is 3.91. The second-order valence-corrected chi connectivity index (χ2v) is 4.83. The van der Waals surface area contributed by atoms with E-state index >= 15 is 0 Å². The van der Waals surface area contributed by atoms with E-state index < -0.39 is 0 Å². The highest BCUT2D eigenvalue weighted by molar-refractivity contribution is 7.09. The summed E-state index contributed by atoms with van der Waals surface area (Å²) in [5.41, 5.74) is -0.127. The zero-order chi connectivity index (χ0) is 13.0. The summed E-state index contributed by atoms with van der Waals surface area (Å²) in [4.78, 5) is 22.8. The third-order valence-corrected chi connectivity index (χ3v) is 3.49. The molecule has 0 aliphatic rings. The molecule has 0 aliphatic carbocycles. The molecule has 2 N–H and O–H groups in total. The Morgan fingerprint density at radius 2 is 2.33 bits per heavy atom. The van der Waals surface area contributed by atoms with Crippen LogP contribution in [0.15, 0.2) is 22.4 Å². The average Bonchev–Trinajstić information content (AvgIpc) is 2.89. The number of hydrogen-bond donors (Lipinski definition) is 2. The molecule has 0 saturated carbocycles. The van der Waals surface area contributed by atoms with Crippen molar-refractivity contribution in [3.05, 3.63) is 38.8 Å². The van der Waals surface area contributed by atoms with Crippen molar-refractivity contribution in [3.63, 3.8) is 0 Å². The minimum absolute atomic E-state index is 0.101. The van der Waals surface area contributed by atoms with Gasteiger partial charge in [-0.2, -0.15) is 0 Å². The Morgan fingerprint density at radius 1 is 1.50 bits per heavy atom. The Bertz CT molecular complexity index is 549. The van der Waals surface area contributed by atoms with Gasteiger partial charge in [-0.3, -0.25) is 4.79 Å². The molecule has 0 saturated heterocycles. The van der Waals surface area contributed by atoms with Crippen molar-refractivity contribution < 1.29 is 0 Å². The Hall–Kier alpha value is -1.69. The normalized spacial score (nSPS) is 12.3. The van der Waals surface area contributed by atoms with Gasteiger partial charge in [-0.05, 0) is 6.42 Å². The lowest BCUT2D eigenvalue weighted by Gasteiger charge is -2.15. The summed E-state index contributed by atoms with van der Waals surface area (Å²) in [6.45, 7) is 4.03. The summed E-state index contributed by atoms with van der Waals surface area (Å²) in [5.74, 6) is 1.30. The van der Waals surface area contributed by atoms with Crippen molar-refractivity contribution in [1.82, 2.24) is 15.0 Å². The van der Waals surface area contributed by atoms with Crippen LogP contribution >= 0.6 is 11.3 Å². The zero-order valence-corrected chi connectivity index (χ0v) is 11.3. The first-order valence-electron chi connectivity index (χ1n) is 5.99. The lowest BCUT2D eigenvalue weighted by atomic mass is 10.2. The third-order valence-electron chi connectivity index (χ3n) is 2.61. The molecule has 18 heavy (non-hydrogen) atoms. The van der Waals surface area contributed by atoms with Crippen molar-refractivity contribution in [2.45, 2.75) is 32.7 Å². The molecule has 0 spiro atoms. The fourth-order valence-electron chi connectivity index (χ4n) is 1.67. The van der Waals surface area contributed by atoms with Gasteiger partial charge in [0.05, 0.1) is 6.04 Å². The van der Waals surface area contributed by atoms with Crippen LogP contribution < -0.4 is 10.9 Å². The molecule has 2 aromatic heterocycles. The Kier molecular flexibility index (Phi) is 4.09. The molecule has 6 heteroatoms. The smallest absolute Gasteiger partial charge is 0.252 e. The molecule has 0 bridgehead atoms. The van der Waals surface area contributed by atoms with Crippen LogP contribution in [-0.2, 0) is 6.42 Å². The number of H-pyrrole nitrogens is 1. The van der Waals surface area contributed by atoms with Crippen molar-refractivity contribution >= 4 is 17.2 Å². The van der Waals surface area contributed by atoms with Gasteiger partial charge < -0.3 is 10.3 Å². The van der Waals surface area contributed by atoms with Gasteiger partial charge in [0.25, 0.3) is 5.56 Å². The Morgan fingerprint density at radius 3 is 2.94 bits per heavy atom. The topological polar surface area (TPSA) is 70.7 Å². The first-order valence-corrected chi connectivity index (χ1v) is 6.87. The van der Waals surface area contributed by atoms with Crippen molar-refractivity contribution in [2.75, 3.05) is 5.32 Å². The maximum Gasteiger partial charge on any atom is 0.252 e. The van der Waals surface area contributed by atoms with Crippen LogP contribution in [0.4, 0.5) is 5.82 Å². The number of hydrogen-bond acceptors (Lipinski definition) is 5. The Balaban J connectivity index is 2.22. The maximum absolute atomic E-state index is 11.5. The third kappa shape index (κ3) is 2.95. The van der Waals surface area contributed by atoms with Crippen LogP contribution in [-0.4, -0.2) is 15.0 Å². The summed E-state index contributed by atoms with van der Waals surface area (Å²) in [6, 6.07) is 1.58. The Labute approximate surface area is 109 Å². The maximum atomic E-state index is 11.5. The molecule has 5 nitrogen and oxygen atoms in total. The van der Waals surface area contributed by atoms with E-state index in [1.54, 1.807) is 17.5 Å². The molecule has 0 aromatic carbocycles. The standard InChI is InChI=1S/C12H16N4OS/c1-3-8(12-13-5-6-18-12)14-10-7-11(17)16-9(4-2)15-10/h5-8H,3-4H2,1-2H3,(H2,14,15,16,17). The van der Waals surface area contributed by atoms with E-state index in [9.17, 15) is 4.79 Å². The highest BCUT2D eigenvalue weighted by Crippen LogP contribution is 2.22. The van der Waals surface area contributed by atoms with Crippen LogP contribution in [0.2, 0.25) is 0 Å². The van der Waals surface area contributed by atoms with E-state index in [1.165, 1.54) is 6.07 Å². The summed E-state index contributed by atoms with van der Waals surface area (Å²) in [6.07, 6.45) is 3.38. The van der Waals surface area contributed by atoms with Crippen LogP contribution in [0.5, 0.6) is 0 Å². The lowest BCUT2D eigenvalue weighted by Crippen LogP contribution is -2.16. The molecule has 0 radical (unpaired) electrons. The first kappa shape index (κ1) is 12.8. The molecule has 2 rings (SSSR count). The molecule has 0 aliphatic heterocycles. The predicted octanol–water partition coefficient (Wildman–Crippen LogP) is 2.35. The van der Waals surface area contributed by atoms with Gasteiger partial charge >= 0.3 is 0 Å². The number of thiazole rings is 1. The number of nitrogens with zero attached hydrogens (tertiary/aromatic N) is 2. The SMILES string of the molecule is CCc1nc(NC(CC)c2nccs2)cc(=O)[nH]1. The summed E-state index contributed by atoms with van der Waals surface area (Å²) in [5, 5.41) is 6.22. The quantitative estimate of drug-likeness (QED) is 0.869. The molecule has 2 heterocycles. The lowest BCUT2D eigenvalue weighted by molar-refractivity contribution is 0.733. The molecule has 0 fully saturated rings. The number of aryl methyl sites for hydroxylation is 1. The molecule has 96 valence electrons. The summed E-state index contributed by atoms with van der Waals surface area (Å²) in [7, 11) is 0. The van der Waals surface area contributed by atoms with Gasteiger partial charge in [-0.15, -0.1) is 11.3 Å². The van der Waals surface area contributed by atoms with Crippen LogP contribution in [0.25, 0.3) is 0 Å². The molecule has 1 atom stereocenters. The molecule has 2 aromatic rings. The highest BCUT2D eigenvalue weighted by Gasteiger charge is 2.12. The largest absolute Gasteiger partial charge is 0.361 e. The minimum Gasteiger partial charge on any atom is -0.361 e. The van der Waals surface area contributed by atoms with Gasteiger partial charge in [0.15, 0.2) is 0 Å². The fourth-order valence-corrected chi connectivity index (χ4v) is 2.45. The summed E-state index contributed by atoms with van der Waals surface area (Å²) >= 11 is 1.60. The number of anilines is 1. The number of rotatable bonds is 5. The zero-order valence-electron chi connectivity index (χ0n) is 10.4. The van der Waals surface area contributed by atoms with E-state index in [4.69, 9.17) is 0 Å². The molecule has 0 amide bonds. The van der Waals surface area contributed by atoms with E-state index in [0.29, 0.717) is 18.1 Å². The van der Waals surface area contributed by atoms with Crippen molar-refractivity contribution in [1.29, 1.82) is 0 Å². The van der Waals surface area contributed by atoms with Crippen molar-refractivity contribution in [3.8, 4) is 0 Å². The number of aromatic amines is 1. The van der Waals surface area contributed by atoms with Crippen LogP contribution in [0.1, 0.15) is 37.1 Å².